The molecule has 12 aromatic carbocycles. The third-order valence-corrected chi connectivity index (χ3v) is 13.2. The maximum atomic E-state index is 3.67. The second-order valence-electron chi connectivity index (χ2n) is 16.2. The molecule has 0 aromatic heterocycles. The predicted octanol–water partition coefficient (Wildman–Crippen LogP) is 18.0. The molecule has 0 spiro atoms. The molecular weight excluding hydrogens is 829 g/mol. The zero-order valence-electron chi connectivity index (χ0n) is 34.3. The molecule has 12 aromatic rings. The molecule has 0 saturated heterocycles. The number of benzene rings is 12. The minimum Gasteiger partial charge on any atom is -0.310 e. The lowest BCUT2D eigenvalue weighted by atomic mass is 9.96. The summed E-state index contributed by atoms with van der Waals surface area (Å²) in [5.74, 6) is 0. The van der Waals surface area contributed by atoms with Gasteiger partial charge in [0.25, 0.3) is 0 Å². The molecule has 0 heterocycles. The van der Waals surface area contributed by atoms with Crippen LogP contribution in [0.25, 0.3) is 75.8 Å². The number of rotatable bonds is 7. The van der Waals surface area contributed by atoms with Crippen LogP contribution in [0.3, 0.4) is 0 Å². The first-order valence-electron chi connectivity index (χ1n) is 21.4. The maximum absolute atomic E-state index is 3.67. The fraction of sp³-hybridized carbons (Fsp3) is 0. The molecular formula is C60H39BrN2. The van der Waals surface area contributed by atoms with Crippen LogP contribution in [0.5, 0.6) is 0 Å². The van der Waals surface area contributed by atoms with E-state index in [1.807, 2.05) is 0 Å². The van der Waals surface area contributed by atoms with E-state index in [1.54, 1.807) is 0 Å². The lowest BCUT2D eigenvalue weighted by Crippen LogP contribution is -2.11. The van der Waals surface area contributed by atoms with Crippen LogP contribution in [0.2, 0.25) is 0 Å². The number of hydrogen-bond donors (Lipinski definition) is 0. The molecule has 0 aliphatic carbocycles. The van der Waals surface area contributed by atoms with Gasteiger partial charge in [-0.15, -0.1) is 0 Å². The first-order chi connectivity index (χ1) is 31.2. The van der Waals surface area contributed by atoms with Crippen molar-refractivity contribution in [3.05, 3.63) is 241 Å². The topological polar surface area (TPSA) is 6.48 Å². The summed E-state index contributed by atoms with van der Waals surface area (Å²) in [5, 5.41) is 14.8. The largest absolute Gasteiger partial charge is 0.310 e. The minimum atomic E-state index is 1.05. The molecule has 0 amide bonds. The molecule has 0 fully saturated rings. The Labute approximate surface area is 374 Å². The van der Waals surface area contributed by atoms with Crippen molar-refractivity contribution in [3.8, 4) is 11.1 Å². The molecule has 0 bridgehead atoms. The highest BCUT2D eigenvalue weighted by Gasteiger charge is 2.22. The molecule has 0 N–H and O–H groups in total. The molecule has 0 unspecified atom stereocenters. The minimum absolute atomic E-state index is 1.05. The van der Waals surface area contributed by atoms with Gasteiger partial charge in [-0.05, 0) is 126 Å². The van der Waals surface area contributed by atoms with Gasteiger partial charge in [0.2, 0.25) is 0 Å². The van der Waals surface area contributed by atoms with Gasteiger partial charge in [0, 0.05) is 37.7 Å². The maximum Gasteiger partial charge on any atom is 0.0546 e. The second-order valence-corrected chi connectivity index (χ2v) is 17.1. The normalized spacial score (nSPS) is 11.6. The average molecular weight is 868 g/mol. The van der Waals surface area contributed by atoms with E-state index in [-0.39, 0.29) is 0 Å². The molecule has 2 nitrogen and oxygen atoms in total. The summed E-state index contributed by atoms with van der Waals surface area (Å²) >= 11 is 3.67. The Balaban J connectivity index is 0.994. The van der Waals surface area contributed by atoms with Gasteiger partial charge in [-0.1, -0.05) is 186 Å². The van der Waals surface area contributed by atoms with Gasteiger partial charge in [0.05, 0.1) is 17.1 Å². The molecule has 0 atom stereocenters. The smallest absolute Gasteiger partial charge is 0.0546 e. The van der Waals surface area contributed by atoms with E-state index in [4.69, 9.17) is 0 Å². The SMILES string of the molecule is Brc1ccc(N(c2ccc(-c3ccc(N(c4cc5ccccc5c5ccccc45)c4cc5ccccc5c5ccccc45)cc3)cc2)c2cc3ccccc3c3ccccc23)cc1. The molecule has 296 valence electrons. The second kappa shape index (κ2) is 15.3. The van der Waals surface area contributed by atoms with Crippen LogP contribution < -0.4 is 9.80 Å². The van der Waals surface area contributed by atoms with Gasteiger partial charge in [-0.2, -0.15) is 0 Å². The number of fused-ring (bicyclic) bond motifs is 9. The Morgan fingerprint density at radius 3 is 0.873 bits per heavy atom. The first kappa shape index (κ1) is 37.1. The Bertz CT molecular complexity index is 3570. The summed E-state index contributed by atoms with van der Waals surface area (Å²) in [6.07, 6.45) is 0. The third kappa shape index (κ3) is 6.40. The van der Waals surface area contributed by atoms with Crippen LogP contribution in [0, 0.1) is 0 Å². The molecule has 0 aliphatic rings. The summed E-state index contributed by atoms with van der Waals surface area (Å²) in [6.45, 7) is 0. The van der Waals surface area contributed by atoms with Crippen molar-refractivity contribution >= 4 is 115 Å². The van der Waals surface area contributed by atoms with Crippen molar-refractivity contribution in [1.29, 1.82) is 0 Å². The van der Waals surface area contributed by atoms with Crippen molar-refractivity contribution in [2.24, 2.45) is 0 Å². The van der Waals surface area contributed by atoms with Crippen molar-refractivity contribution in [2.75, 3.05) is 9.80 Å². The Hall–Kier alpha value is -7.72. The number of anilines is 6. The van der Waals surface area contributed by atoms with Gasteiger partial charge < -0.3 is 9.80 Å². The summed E-state index contributed by atoms with van der Waals surface area (Å²) < 4.78 is 1.05. The summed E-state index contributed by atoms with van der Waals surface area (Å²) in [7, 11) is 0. The molecule has 0 aliphatic heterocycles. The Kier molecular flexibility index (Phi) is 9.02. The standard InChI is InChI=1S/C60H39BrN2/c61-45-29-35-47(36-30-45)62(58-37-42-13-1-4-16-49(42)52-19-7-10-22-55(52)58)46-31-25-40(26-32-46)41-27-33-48(34-28-41)63(59-38-43-14-2-5-17-50(43)53-20-8-11-23-56(53)59)60-39-44-15-3-6-18-51(44)54-21-9-12-24-57(54)60/h1-39H. The molecule has 63 heavy (non-hydrogen) atoms. The van der Waals surface area contributed by atoms with Crippen molar-refractivity contribution in [1.82, 2.24) is 0 Å². The van der Waals surface area contributed by atoms with Crippen LogP contribution in [-0.4, -0.2) is 0 Å². The van der Waals surface area contributed by atoms with E-state index in [0.717, 1.165) is 49.7 Å². The Morgan fingerprint density at radius 2 is 0.508 bits per heavy atom. The molecule has 3 heteroatoms. The highest BCUT2D eigenvalue weighted by molar-refractivity contribution is 9.10. The number of nitrogens with zero attached hydrogens (tertiary/aromatic N) is 2. The first-order valence-corrected chi connectivity index (χ1v) is 22.2. The lowest BCUT2D eigenvalue weighted by Gasteiger charge is -2.29. The number of halogens is 1. The van der Waals surface area contributed by atoms with Gasteiger partial charge >= 0.3 is 0 Å². The van der Waals surface area contributed by atoms with Gasteiger partial charge in [-0.25, -0.2) is 0 Å². The van der Waals surface area contributed by atoms with E-state index in [1.165, 1.54) is 64.6 Å². The van der Waals surface area contributed by atoms with E-state index in [0.29, 0.717) is 0 Å². The van der Waals surface area contributed by atoms with E-state index in [9.17, 15) is 0 Å². The van der Waals surface area contributed by atoms with Gasteiger partial charge in [0.15, 0.2) is 0 Å². The Morgan fingerprint density at radius 1 is 0.238 bits per heavy atom. The third-order valence-electron chi connectivity index (χ3n) is 12.6. The predicted molar refractivity (Wildman–Crippen MR) is 274 cm³/mol. The summed E-state index contributed by atoms with van der Waals surface area (Å²) in [4.78, 5) is 4.86. The van der Waals surface area contributed by atoms with Crippen molar-refractivity contribution in [3.63, 3.8) is 0 Å². The van der Waals surface area contributed by atoms with Crippen LogP contribution in [0.4, 0.5) is 34.1 Å². The molecule has 0 radical (unpaired) electrons. The monoisotopic (exact) mass is 866 g/mol. The van der Waals surface area contributed by atoms with Crippen LogP contribution in [-0.2, 0) is 0 Å². The van der Waals surface area contributed by atoms with Crippen LogP contribution in [0.15, 0.2) is 241 Å². The fourth-order valence-electron chi connectivity index (χ4n) is 9.69. The van der Waals surface area contributed by atoms with E-state index < -0.39 is 0 Å². The fourth-order valence-corrected chi connectivity index (χ4v) is 9.95. The molecule has 0 saturated carbocycles. The van der Waals surface area contributed by atoms with Crippen LogP contribution >= 0.6 is 15.9 Å². The van der Waals surface area contributed by atoms with Crippen molar-refractivity contribution < 1.29 is 0 Å². The zero-order valence-corrected chi connectivity index (χ0v) is 35.9. The number of hydrogen-bond acceptors (Lipinski definition) is 2. The van der Waals surface area contributed by atoms with Crippen LogP contribution in [0.1, 0.15) is 0 Å². The zero-order chi connectivity index (χ0) is 41.9. The molecule has 12 rings (SSSR count). The summed E-state index contributed by atoms with van der Waals surface area (Å²) in [5.41, 5.74) is 9.04. The highest BCUT2D eigenvalue weighted by Crippen LogP contribution is 2.47. The van der Waals surface area contributed by atoms with Crippen molar-refractivity contribution in [2.45, 2.75) is 0 Å². The highest BCUT2D eigenvalue weighted by atomic mass is 79.9. The lowest BCUT2D eigenvalue weighted by molar-refractivity contribution is 1.30. The average Bonchev–Trinajstić information content (AvgIpc) is 3.35. The van der Waals surface area contributed by atoms with Gasteiger partial charge in [0.1, 0.15) is 0 Å². The summed E-state index contributed by atoms with van der Waals surface area (Å²) in [6, 6.07) is 86.4. The van der Waals surface area contributed by atoms with E-state index >= 15 is 0 Å². The van der Waals surface area contributed by atoms with E-state index in [2.05, 4.69) is 262 Å². The van der Waals surface area contributed by atoms with Gasteiger partial charge in [-0.3, -0.25) is 0 Å². The quantitative estimate of drug-likeness (QED) is 0.147.